The zero-order chi connectivity index (χ0) is 13.8. The van der Waals surface area contributed by atoms with Crippen LogP contribution in [0.15, 0.2) is 0 Å². The Morgan fingerprint density at radius 1 is 1.32 bits per heavy atom. The van der Waals surface area contributed by atoms with E-state index in [0.717, 1.165) is 30.0 Å². The Morgan fingerprint density at radius 3 is 2.68 bits per heavy atom. The standard InChI is InChI=1S/C15H27N3S/c1-5-8-16-14(15-12(4)17-18-19-15)13-7-6-10(2)11(3)9-13/h10-11,13-14,16H,5-9H2,1-4H3. The lowest BCUT2D eigenvalue weighted by atomic mass is 9.73. The molecule has 0 bridgehead atoms. The van der Waals surface area contributed by atoms with E-state index < -0.39 is 0 Å². The Bertz CT molecular complexity index is 390. The van der Waals surface area contributed by atoms with Crippen molar-refractivity contribution in [1.29, 1.82) is 0 Å². The number of rotatable bonds is 5. The van der Waals surface area contributed by atoms with Crippen molar-refractivity contribution < 1.29 is 0 Å². The van der Waals surface area contributed by atoms with Gasteiger partial charge >= 0.3 is 0 Å². The molecular formula is C15H27N3S. The maximum atomic E-state index is 4.20. The summed E-state index contributed by atoms with van der Waals surface area (Å²) in [6.45, 7) is 10.2. The lowest BCUT2D eigenvalue weighted by Crippen LogP contribution is -2.33. The predicted molar refractivity (Wildman–Crippen MR) is 81.3 cm³/mol. The summed E-state index contributed by atoms with van der Waals surface area (Å²) in [6.07, 6.45) is 5.21. The number of hydrogen-bond donors (Lipinski definition) is 1. The summed E-state index contributed by atoms with van der Waals surface area (Å²) < 4.78 is 4.13. The van der Waals surface area contributed by atoms with Gasteiger partial charge in [0.05, 0.1) is 10.6 Å². The molecule has 1 heterocycles. The molecule has 0 radical (unpaired) electrons. The van der Waals surface area contributed by atoms with E-state index in [-0.39, 0.29) is 0 Å². The Balaban J connectivity index is 2.11. The Labute approximate surface area is 121 Å². The van der Waals surface area contributed by atoms with Gasteiger partial charge < -0.3 is 5.32 Å². The highest BCUT2D eigenvalue weighted by molar-refractivity contribution is 7.05. The fourth-order valence-electron chi connectivity index (χ4n) is 3.19. The highest BCUT2D eigenvalue weighted by Crippen LogP contribution is 2.41. The van der Waals surface area contributed by atoms with Crippen LogP contribution in [0, 0.1) is 24.7 Å². The molecule has 0 aromatic carbocycles. The lowest BCUT2D eigenvalue weighted by Gasteiger charge is -2.36. The second-order valence-corrected chi connectivity index (χ2v) is 6.97. The smallest absolute Gasteiger partial charge is 0.0772 e. The summed E-state index contributed by atoms with van der Waals surface area (Å²) in [4.78, 5) is 1.36. The average Bonchev–Trinajstić information content (AvgIpc) is 2.80. The molecule has 0 amide bonds. The molecule has 1 aromatic heterocycles. The van der Waals surface area contributed by atoms with Crippen LogP contribution >= 0.6 is 11.5 Å². The van der Waals surface area contributed by atoms with Crippen molar-refractivity contribution >= 4 is 11.5 Å². The second-order valence-electron chi connectivity index (χ2n) is 6.18. The normalized spacial score (nSPS) is 29.4. The molecule has 4 heteroatoms. The molecule has 2 rings (SSSR count). The topological polar surface area (TPSA) is 37.8 Å². The molecule has 0 saturated heterocycles. The van der Waals surface area contributed by atoms with Crippen molar-refractivity contribution in [3.8, 4) is 0 Å². The van der Waals surface area contributed by atoms with Gasteiger partial charge in [-0.3, -0.25) is 0 Å². The van der Waals surface area contributed by atoms with Gasteiger partial charge in [-0.1, -0.05) is 31.7 Å². The number of aromatic nitrogens is 2. The molecule has 0 aliphatic heterocycles. The molecule has 4 atom stereocenters. The first-order valence-corrected chi connectivity index (χ1v) is 8.43. The van der Waals surface area contributed by atoms with Crippen molar-refractivity contribution in [2.24, 2.45) is 17.8 Å². The summed E-state index contributed by atoms with van der Waals surface area (Å²) in [7, 11) is 0. The first kappa shape index (κ1) is 14.9. The van der Waals surface area contributed by atoms with Crippen molar-refractivity contribution in [2.75, 3.05) is 6.54 Å². The average molecular weight is 281 g/mol. The van der Waals surface area contributed by atoms with Gasteiger partial charge in [-0.25, -0.2) is 0 Å². The third-order valence-corrected chi connectivity index (χ3v) is 5.60. The minimum Gasteiger partial charge on any atom is -0.309 e. The SMILES string of the molecule is CCCNC(c1snnc1C)C1CCC(C)C(C)C1. The summed E-state index contributed by atoms with van der Waals surface area (Å²) in [5.74, 6) is 2.47. The minimum atomic E-state index is 0.468. The first-order valence-electron chi connectivity index (χ1n) is 7.65. The lowest BCUT2D eigenvalue weighted by molar-refractivity contribution is 0.172. The monoisotopic (exact) mass is 281 g/mol. The summed E-state index contributed by atoms with van der Waals surface area (Å²) >= 11 is 1.58. The van der Waals surface area contributed by atoms with Crippen LogP contribution in [0.25, 0.3) is 0 Å². The minimum absolute atomic E-state index is 0.468. The van der Waals surface area contributed by atoms with E-state index in [9.17, 15) is 0 Å². The highest BCUT2D eigenvalue weighted by atomic mass is 32.1. The van der Waals surface area contributed by atoms with Crippen LogP contribution in [-0.2, 0) is 0 Å². The van der Waals surface area contributed by atoms with Crippen LogP contribution in [0.3, 0.4) is 0 Å². The van der Waals surface area contributed by atoms with Gasteiger partial charge in [-0.2, -0.15) is 0 Å². The van der Waals surface area contributed by atoms with Gasteiger partial charge in [0.2, 0.25) is 0 Å². The van der Waals surface area contributed by atoms with Crippen molar-refractivity contribution in [2.45, 2.75) is 59.4 Å². The van der Waals surface area contributed by atoms with Gasteiger partial charge in [-0.05, 0) is 62.0 Å². The Morgan fingerprint density at radius 2 is 2.11 bits per heavy atom. The molecule has 1 fully saturated rings. The van der Waals surface area contributed by atoms with E-state index in [1.165, 1.54) is 30.6 Å². The number of nitrogens with zero attached hydrogens (tertiary/aromatic N) is 2. The number of nitrogens with one attached hydrogen (secondary N) is 1. The van der Waals surface area contributed by atoms with Gasteiger partial charge in [0.25, 0.3) is 0 Å². The molecule has 108 valence electrons. The van der Waals surface area contributed by atoms with Crippen LogP contribution < -0.4 is 5.32 Å². The molecule has 19 heavy (non-hydrogen) atoms. The Kier molecular flexibility index (Phi) is 5.34. The van der Waals surface area contributed by atoms with Crippen LogP contribution in [0.4, 0.5) is 0 Å². The highest BCUT2D eigenvalue weighted by Gasteiger charge is 2.32. The van der Waals surface area contributed by atoms with Gasteiger partial charge in [0.1, 0.15) is 0 Å². The molecule has 1 aliphatic carbocycles. The maximum Gasteiger partial charge on any atom is 0.0772 e. The fraction of sp³-hybridized carbons (Fsp3) is 0.867. The molecule has 1 N–H and O–H groups in total. The molecule has 0 spiro atoms. The van der Waals surface area contributed by atoms with Gasteiger partial charge in [0.15, 0.2) is 0 Å². The van der Waals surface area contributed by atoms with E-state index in [2.05, 4.69) is 42.6 Å². The number of aryl methyl sites for hydroxylation is 1. The zero-order valence-electron chi connectivity index (χ0n) is 12.6. The first-order chi connectivity index (χ1) is 9.13. The van der Waals surface area contributed by atoms with Crippen LogP contribution in [-0.4, -0.2) is 16.1 Å². The van der Waals surface area contributed by atoms with Crippen molar-refractivity contribution in [1.82, 2.24) is 14.9 Å². The van der Waals surface area contributed by atoms with Crippen LogP contribution in [0.2, 0.25) is 0 Å². The quantitative estimate of drug-likeness (QED) is 0.887. The van der Waals surface area contributed by atoms with Crippen LogP contribution in [0.5, 0.6) is 0 Å². The van der Waals surface area contributed by atoms with Gasteiger partial charge in [-0.15, -0.1) is 5.10 Å². The summed E-state index contributed by atoms with van der Waals surface area (Å²) in [6, 6.07) is 0.468. The molecule has 1 aliphatic rings. The van der Waals surface area contributed by atoms with E-state index in [0.29, 0.717) is 6.04 Å². The van der Waals surface area contributed by atoms with E-state index in [1.807, 2.05) is 0 Å². The summed E-state index contributed by atoms with van der Waals surface area (Å²) in [5.41, 5.74) is 1.12. The molecule has 4 unspecified atom stereocenters. The second kappa shape index (κ2) is 6.80. The van der Waals surface area contributed by atoms with E-state index in [1.54, 1.807) is 11.5 Å². The van der Waals surface area contributed by atoms with Crippen LogP contribution in [0.1, 0.15) is 63.1 Å². The molecule has 1 saturated carbocycles. The maximum absolute atomic E-state index is 4.20. The number of hydrogen-bond acceptors (Lipinski definition) is 4. The largest absolute Gasteiger partial charge is 0.309 e. The van der Waals surface area contributed by atoms with E-state index >= 15 is 0 Å². The molecular weight excluding hydrogens is 254 g/mol. The predicted octanol–water partition coefficient (Wildman–Crippen LogP) is 3.96. The Hall–Kier alpha value is -0.480. The molecule has 1 aromatic rings. The fourth-order valence-corrected chi connectivity index (χ4v) is 4.00. The third-order valence-electron chi connectivity index (χ3n) is 4.69. The molecule has 3 nitrogen and oxygen atoms in total. The zero-order valence-corrected chi connectivity index (χ0v) is 13.5. The van der Waals surface area contributed by atoms with Crippen molar-refractivity contribution in [3.63, 3.8) is 0 Å². The summed E-state index contributed by atoms with van der Waals surface area (Å²) in [5, 5.41) is 7.95. The van der Waals surface area contributed by atoms with Gasteiger partial charge in [0, 0.05) is 6.04 Å². The van der Waals surface area contributed by atoms with E-state index in [4.69, 9.17) is 0 Å². The third kappa shape index (κ3) is 3.54. The van der Waals surface area contributed by atoms with Crippen molar-refractivity contribution in [3.05, 3.63) is 10.6 Å².